The molecule has 0 spiro atoms. The van der Waals surface area contributed by atoms with E-state index >= 15 is 0 Å². The van der Waals surface area contributed by atoms with Crippen molar-refractivity contribution in [3.05, 3.63) is 58.6 Å². The van der Waals surface area contributed by atoms with Gasteiger partial charge in [-0.3, -0.25) is 4.79 Å². The second-order valence-electron chi connectivity index (χ2n) is 4.66. The second kappa shape index (κ2) is 6.46. The molecular formula is C17H13ClO3S. The Kier molecular flexibility index (Phi) is 4.41. The number of carbonyl (C=O) groups excluding carboxylic acids is 1. The lowest BCUT2D eigenvalue weighted by Crippen LogP contribution is -1.99. The first-order chi connectivity index (χ1) is 10.7. The maximum Gasteiger partial charge on any atom is 0.189 e. The van der Waals surface area contributed by atoms with E-state index in [2.05, 4.69) is 0 Å². The van der Waals surface area contributed by atoms with Gasteiger partial charge in [0.15, 0.2) is 5.78 Å². The molecule has 0 atom stereocenters. The minimum absolute atomic E-state index is 0.118. The summed E-state index contributed by atoms with van der Waals surface area (Å²) in [6, 6.07) is 10.9. The standard InChI is InChI=1S/C17H13ClO3S/c1-20-15-9-16-17(22-10-21-16)8-13(15)14(19)6-5-11-3-2-4-12(18)7-11/h2-9H,10H2,1H3/b6-5+. The second-order valence-corrected chi connectivity index (χ2v) is 6.06. The van der Waals surface area contributed by atoms with Crippen LogP contribution in [-0.4, -0.2) is 18.8 Å². The predicted octanol–water partition coefficient (Wildman–Crippen LogP) is 4.69. The molecule has 0 saturated heterocycles. The molecule has 1 aliphatic rings. The Bertz CT molecular complexity index is 756. The van der Waals surface area contributed by atoms with Gasteiger partial charge in [0, 0.05) is 11.1 Å². The van der Waals surface area contributed by atoms with E-state index in [9.17, 15) is 4.79 Å². The molecule has 0 aromatic heterocycles. The van der Waals surface area contributed by atoms with Gasteiger partial charge in [-0.1, -0.05) is 41.6 Å². The van der Waals surface area contributed by atoms with Gasteiger partial charge >= 0.3 is 0 Å². The number of ether oxygens (including phenoxy) is 2. The average Bonchev–Trinajstić information content (AvgIpc) is 2.98. The molecule has 3 nitrogen and oxygen atoms in total. The number of methoxy groups -OCH3 is 1. The van der Waals surface area contributed by atoms with Crippen molar-refractivity contribution in [1.82, 2.24) is 0 Å². The van der Waals surface area contributed by atoms with E-state index in [-0.39, 0.29) is 5.78 Å². The van der Waals surface area contributed by atoms with Gasteiger partial charge in [0.25, 0.3) is 0 Å². The first kappa shape index (κ1) is 15.0. The fourth-order valence-corrected chi connectivity index (χ4v) is 3.13. The fraction of sp³-hybridized carbons (Fsp3) is 0.118. The summed E-state index contributed by atoms with van der Waals surface area (Å²) < 4.78 is 10.8. The van der Waals surface area contributed by atoms with E-state index in [1.807, 2.05) is 18.2 Å². The zero-order valence-electron chi connectivity index (χ0n) is 11.8. The minimum Gasteiger partial charge on any atom is -0.496 e. The van der Waals surface area contributed by atoms with Crippen LogP contribution < -0.4 is 9.47 Å². The Morgan fingerprint density at radius 2 is 2.23 bits per heavy atom. The molecule has 0 radical (unpaired) electrons. The lowest BCUT2D eigenvalue weighted by Gasteiger charge is -2.08. The molecule has 0 amide bonds. The smallest absolute Gasteiger partial charge is 0.189 e. The molecule has 0 unspecified atom stereocenters. The van der Waals surface area contributed by atoms with E-state index in [0.29, 0.717) is 22.3 Å². The number of rotatable bonds is 4. The first-order valence-electron chi connectivity index (χ1n) is 6.63. The molecule has 2 aromatic carbocycles. The van der Waals surface area contributed by atoms with Crippen LogP contribution in [-0.2, 0) is 0 Å². The molecule has 0 saturated carbocycles. The third-order valence-electron chi connectivity index (χ3n) is 3.24. The monoisotopic (exact) mass is 332 g/mol. The van der Waals surface area contributed by atoms with Crippen LogP contribution in [0.15, 0.2) is 47.4 Å². The van der Waals surface area contributed by atoms with Gasteiger partial charge < -0.3 is 9.47 Å². The van der Waals surface area contributed by atoms with Gasteiger partial charge in [-0.25, -0.2) is 0 Å². The predicted molar refractivity (Wildman–Crippen MR) is 89.2 cm³/mol. The average molecular weight is 333 g/mol. The van der Waals surface area contributed by atoms with Gasteiger partial charge in [-0.15, -0.1) is 0 Å². The molecule has 0 aliphatic carbocycles. The van der Waals surface area contributed by atoms with Crippen molar-refractivity contribution in [2.45, 2.75) is 4.90 Å². The highest BCUT2D eigenvalue weighted by Gasteiger charge is 2.19. The summed E-state index contributed by atoms with van der Waals surface area (Å²) in [5.41, 5.74) is 1.40. The van der Waals surface area contributed by atoms with Gasteiger partial charge in [0.2, 0.25) is 0 Å². The summed E-state index contributed by atoms with van der Waals surface area (Å²) in [5, 5.41) is 0.637. The normalized spacial score (nSPS) is 13.0. The summed E-state index contributed by atoms with van der Waals surface area (Å²) in [5.74, 6) is 1.72. The molecule has 112 valence electrons. The van der Waals surface area contributed by atoms with Crippen molar-refractivity contribution in [2.75, 3.05) is 13.0 Å². The van der Waals surface area contributed by atoms with Crippen LogP contribution in [0.2, 0.25) is 5.02 Å². The van der Waals surface area contributed by atoms with Crippen molar-refractivity contribution in [2.24, 2.45) is 0 Å². The highest BCUT2D eigenvalue weighted by atomic mass is 35.5. The summed E-state index contributed by atoms with van der Waals surface area (Å²) in [7, 11) is 1.54. The van der Waals surface area contributed by atoms with E-state index < -0.39 is 0 Å². The first-order valence-corrected chi connectivity index (χ1v) is 7.99. The molecule has 22 heavy (non-hydrogen) atoms. The molecule has 0 fully saturated rings. The Labute approximate surface area is 137 Å². The molecular weight excluding hydrogens is 320 g/mol. The van der Waals surface area contributed by atoms with E-state index in [4.69, 9.17) is 21.1 Å². The number of thioether (sulfide) groups is 1. The van der Waals surface area contributed by atoms with Crippen molar-refractivity contribution in [1.29, 1.82) is 0 Å². The highest BCUT2D eigenvalue weighted by molar-refractivity contribution is 7.99. The van der Waals surface area contributed by atoms with Crippen LogP contribution in [0.1, 0.15) is 15.9 Å². The summed E-state index contributed by atoms with van der Waals surface area (Å²) in [6.07, 6.45) is 3.26. The molecule has 1 aliphatic heterocycles. The van der Waals surface area contributed by atoms with Gasteiger partial charge in [-0.05, 0) is 29.8 Å². The molecule has 2 aromatic rings. The van der Waals surface area contributed by atoms with Crippen LogP contribution in [0, 0.1) is 0 Å². The molecule has 5 heteroatoms. The van der Waals surface area contributed by atoms with Crippen LogP contribution in [0.3, 0.4) is 0 Å². The quantitative estimate of drug-likeness (QED) is 0.601. The third-order valence-corrected chi connectivity index (χ3v) is 4.34. The number of benzene rings is 2. The van der Waals surface area contributed by atoms with Gasteiger partial charge in [0.05, 0.1) is 17.6 Å². The number of hydrogen-bond acceptors (Lipinski definition) is 4. The van der Waals surface area contributed by atoms with Crippen LogP contribution >= 0.6 is 23.4 Å². The van der Waals surface area contributed by atoms with Crippen molar-refractivity contribution >= 4 is 35.2 Å². The molecule has 1 heterocycles. The third kappa shape index (κ3) is 3.13. The van der Waals surface area contributed by atoms with Crippen LogP contribution in [0.25, 0.3) is 6.08 Å². The lowest BCUT2D eigenvalue weighted by atomic mass is 10.1. The summed E-state index contributed by atoms with van der Waals surface area (Å²) in [6.45, 7) is 0. The maximum atomic E-state index is 12.4. The number of halogens is 1. The summed E-state index contributed by atoms with van der Waals surface area (Å²) >= 11 is 7.50. The Balaban J connectivity index is 1.89. The zero-order chi connectivity index (χ0) is 15.5. The van der Waals surface area contributed by atoms with Crippen molar-refractivity contribution in [3.8, 4) is 11.5 Å². The Morgan fingerprint density at radius 1 is 1.36 bits per heavy atom. The van der Waals surface area contributed by atoms with E-state index in [0.717, 1.165) is 16.2 Å². The van der Waals surface area contributed by atoms with E-state index in [1.165, 1.54) is 6.08 Å². The van der Waals surface area contributed by atoms with Crippen molar-refractivity contribution in [3.63, 3.8) is 0 Å². The molecule has 0 bridgehead atoms. The van der Waals surface area contributed by atoms with Crippen LogP contribution in [0.4, 0.5) is 0 Å². The number of allylic oxidation sites excluding steroid dienone is 1. The fourth-order valence-electron chi connectivity index (χ4n) is 2.16. The summed E-state index contributed by atoms with van der Waals surface area (Å²) in [4.78, 5) is 13.4. The van der Waals surface area contributed by atoms with Crippen molar-refractivity contribution < 1.29 is 14.3 Å². The van der Waals surface area contributed by atoms with Crippen LogP contribution in [0.5, 0.6) is 11.5 Å². The van der Waals surface area contributed by atoms with Gasteiger partial charge in [-0.2, -0.15) is 0 Å². The number of hydrogen-bond donors (Lipinski definition) is 0. The maximum absolute atomic E-state index is 12.4. The molecule has 3 rings (SSSR count). The lowest BCUT2D eigenvalue weighted by molar-refractivity contribution is 0.104. The highest BCUT2D eigenvalue weighted by Crippen LogP contribution is 2.40. The topological polar surface area (TPSA) is 35.5 Å². The number of ketones is 1. The largest absolute Gasteiger partial charge is 0.496 e. The Morgan fingerprint density at radius 3 is 3.00 bits per heavy atom. The number of fused-ring (bicyclic) bond motifs is 1. The van der Waals surface area contributed by atoms with Gasteiger partial charge in [0.1, 0.15) is 17.4 Å². The number of carbonyl (C=O) groups is 1. The zero-order valence-corrected chi connectivity index (χ0v) is 13.4. The Hall–Kier alpha value is -1.91. The molecule has 0 N–H and O–H groups in total. The minimum atomic E-state index is -0.118. The van der Waals surface area contributed by atoms with E-state index in [1.54, 1.807) is 43.1 Å². The SMILES string of the molecule is COc1cc2c(cc1C(=O)/C=C/c1cccc(Cl)c1)SCO2.